The van der Waals surface area contributed by atoms with Gasteiger partial charge in [-0.25, -0.2) is 4.39 Å². The second-order valence-corrected chi connectivity index (χ2v) is 4.76. The lowest BCUT2D eigenvalue weighted by Crippen LogP contribution is -2.36. The summed E-state index contributed by atoms with van der Waals surface area (Å²) in [5.41, 5.74) is 1.11. The van der Waals surface area contributed by atoms with Gasteiger partial charge in [-0.05, 0) is 6.07 Å². The molecule has 0 saturated carbocycles. The van der Waals surface area contributed by atoms with Gasteiger partial charge in [-0.1, -0.05) is 36.4 Å². The smallest absolute Gasteiger partial charge is 0.274 e. The van der Waals surface area contributed by atoms with Crippen LogP contribution < -0.4 is 10.6 Å². The molecule has 0 aromatic heterocycles. The summed E-state index contributed by atoms with van der Waals surface area (Å²) in [4.78, 5) is 14.6. The highest BCUT2D eigenvalue weighted by molar-refractivity contribution is 5.79. The Balaban J connectivity index is 1.96. The molecular formula is C16H17FN4O2. The van der Waals surface area contributed by atoms with E-state index in [0.717, 1.165) is 0 Å². The number of para-hydroxylation sites is 1. The number of nitro benzene ring substituents is 1. The number of aliphatic imine (C=N–C) groups is 1. The van der Waals surface area contributed by atoms with Crippen LogP contribution in [0.2, 0.25) is 0 Å². The minimum absolute atomic E-state index is 0.0459. The molecule has 7 heteroatoms. The lowest BCUT2D eigenvalue weighted by molar-refractivity contribution is -0.385. The Morgan fingerprint density at radius 3 is 2.26 bits per heavy atom. The van der Waals surface area contributed by atoms with Gasteiger partial charge in [0.2, 0.25) is 0 Å². The summed E-state index contributed by atoms with van der Waals surface area (Å²) < 4.78 is 13.6. The van der Waals surface area contributed by atoms with Gasteiger partial charge in [0.25, 0.3) is 5.69 Å². The molecule has 0 radical (unpaired) electrons. The third-order valence-corrected chi connectivity index (χ3v) is 3.26. The summed E-state index contributed by atoms with van der Waals surface area (Å²) in [7, 11) is 1.58. The molecule has 0 saturated heterocycles. The van der Waals surface area contributed by atoms with Crippen molar-refractivity contribution in [2.75, 3.05) is 7.05 Å². The van der Waals surface area contributed by atoms with Crippen molar-refractivity contribution in [3.63, 3.8) is 0 Å². The van der Waals surface area contributed by atoms with Crippen LogP contribution in [0.3, 0.4) is 0 Å². The number of halogens is 1. The van der Waals surface area contributed by atoms with Gasteiger partial charge in [0, 0.05) is 37.3 Å². The quantitative estimate of drug-likeness (QED) is 0.384. The average molecular weight is 316 g/mol. The van der Waals surface area contributed by atoms with Gasteiger partial charge in [-0.15, -0.1) is 0 Å². The molecule has 0 aliphatic carbocycles. The predicted octanol–water partition coefficient (Wildman–Crippen LogP) is 2.60. The van der Waals surface area contributed by atoms with Crippen LogP contribution in [0, 0.1) is 15.9 Å². The molecule has 0 aliphatic heterocycles. The second-order valence-electron chi connectivity index (χ2n) is 4.76. The van der Waals surface area contributed by atoms with Crippen LogP contribution in [0.1, 0.15) is 11.1 Å². The second kappa shape index (κ2) is 7.88. The molecule has 2 rings (SSSR count). The third-order valence-electron chi connectivity index (χ3n) is 3.26. The highest BCUT2D eigenvalue weighted by Gasteiger charge is 2.12. The minimum Gasteiger partial charge on any atom is -0.352 e. The minimum atomic E-state index is -0.424. The SMILES string of the molecule is CN=C(NCc1ccccc1F)NCc1ccccc1[N+](=O)[O-]. The van der Waals surface area contributed by atoms with Crippen molar-refractivity contribution in [2.24, 2.45) is 4.99 Å². The van der Waals surface area contributed by atoms with E-state index in [2.05, 4.69) is 15.6 Å². The van der Waals surface area contributed by atoms with E-state index < -0.39 is 4.92 Å². The zero-order chi connectivity index (χ0) is 16.7. The van der Waals surface area contributed by atoms with Crippen LogP contribution in [0.4, 0.5) is 10.1 Å². The first-order chi connectivity index (χ1) is 11.1. The van der Waals surface area contributed by atoms with E-state index in [9.17, 15) is 14.5 Å². The summed E-state index contributed by atoms with van der Waals surface area (Å²) in [6.45, 7) is 0.511. The van der Waals surface area contributed by atoms with E-state index in [1.54, 1.807) is 43.4 Å². The molecule has 120 valence electrons. The van der Waals surface area contributed by atoms with E-state index in [-0.39, 0.29) is 24.6 Å². The van der Waals surface area contributed by atoms with Crippen LogP contribution in [-0.2, 0) is 13.1 Å². The Hall–Kier alpha value is -2.96. The summed E-state index contributed by atoms with van der Waals surface area (Å²) in [5.74, 6) is 0.139. The van der Waals surface area contributed by atoms with Crippen molar-refractivity contribution in [3.8, 4) is 0 Å². The molecule has 2 N–H and O–H groups in total. The normalized spacial score (nSPS) is 11.1. The molecule has 0 aliphatic rings. The average Bonchev–Trinajstić information content (AvgIpc) is 2.56. The fourth-order valence-electron chi connectivity index (χ4n) is 2.06. The molecule has 6 nitrogen and oxygen atoms in total. The van der Waals surface area contributed by atoms with Crippen molar-refractivity contribution in [1.82, 2.24) is 10.6 Å². The number of guanidine groups is 1. The molecule has 0 heterocycles. The third kappa shape index (κ3) is 4.50. The number of rotatable bonds is 5. The fraction of sp³-hybridized carbons (Fsp3) is 0.188. The van der Waals surface area contributed by atoms with Gasteiger partial charge in [-0.3, -0.25) is 15.1 Å². The van der Waals surface area contributed by atoms with Gasteiger partial charge in [0.1, 0.15) is 5.82 Å². The number of benzene rings is 2. The molecule has 0 bridgehead atoms. The molecule has 0 atom stereocenters. The fourth-order valence-corrected chi connectivity index (χ4v) is 2.06. The summed E-state index contributed by atoms with van der Waals surface area (Å²) in [5, 5.41) is 16.9. The zero-order valence-electron chi connectivity index (χ0n) is 12.6. The standard InChI is InChI=1S/C16H17FN4O2/c1-18-16(19-10-12-6-2-4-8-14(12)17)20-11-13-7-3-5-9-15(13)21(22)23/h2-9H,10-11H2,1H3,(H2,18,19,20). The summed E-state index contributed by atoms with van der Waals surface area (Å²) in [6, 6.07) is 12.9. The maximum atomic E-state index is 13.6. The first-order valence-corrected chi connectivity index (χ1v) is 7.02. The van der Waals surface area contributed by atoms with E-state index in [1.807, 2.05) is 0 Å². The van der Waals surface area contributed by atoms with E-state index in [1.165, 1.54) is 12.1 Å². The van der Waals surface area contributed by atoms with Crippen LogP contribution in [-0.4, -0.2) is 17.9 Å². The van der Waals surface area contributed by atoms with E-state index in [0.29, 0.717) is 17.1 Å². The van der Waals surface area contributed by atoms with Crippen LogP contribution in [0.5, 0.6) is 0 Å². The Bertz CT molecular complexity index is 719. The topological polar surface area (TPSA) is 79.6 Å². The van der Waals surface area contributed by atoms with Gasteiger partial charge in [0.05, 0.1) is 4.92 Å². The number of nitro groups is 1. The van der Waals surface area contributed by atoms with Crippen LogP contribution in [0.25, 0.3) is 0 Å². The van der Waals surface area contributed by atoms with Crippen LogP contribution >= 0.6 is 0 Å². The summed E-state index contributed by atoms with van der Waals surface area (Å²) >= 11 is 0. The Kier molecular flexibility index (Phi) is 5.62. The number of hydrogen-bond acceptors (Lipinski definition) is 3. The maximum absolute atomic E-state index is 13.6. The lowest BCUT2D eigenvalue weighted by Gasteiger charge is -2.12. The van der Waals surface area contributed by atoms with Crippen molar-refractivity contribution < 1.29 is 9.31 Å². The monoisotopic (exact) mass is 316 g/mol. The molecule has 0 fully saturated rings. The Labute approximate surface area is 133 Å². The van der Waals surface area contributed by atoms with Crippen molar-refractivity contribution in [2.45, 2.75) is 13.1 Å². The number of nitrogens with zero attached hydrogens (tertiary/aromatic N) is 2. The summed E-state index contributed by atoms with van der Waals surface area (Å²) in [6.07, 6.45) is 0. The molecule has 2 aromatic carbocycles. The van der Waals surface area contributed by atoms with Gasteiger partial charge >= 0.3 is 0 Å². The van der Waals surface area contributed by atoms with Gasteiger partial charge in [-0.2, -0.15) is 0 Å². The first-order valence-electron chi connectivity index (χ1n) is 7.02. The molecule has 23 heavy (non-hydrogen) atoms. The highest BCUT2D eigenvalue weighted by Crippen LogP contribution is 2.17. The Morgan fingerprint density at radius 2 is 1.65 bits per heavy atom. The first kappa shape index (κ1) is 16.4. The van der Waals surface area contributed by atoms with Crippen molar-refractivity contribution >= 4 is 11.6 Å². The largest absolute Gasteiger partial charge is 0.352 e. The van der Waals surface area contributed by atoms with Gasteiger partial charge in [0.15, 0.2) is 5.96 Å². The zero-order valence-corrected chi connectivity index (χ0v) is 12.6. The van der Waals surface area contributed by atoms with E-state index >= 15 is 0 Å². The molecule has 0 spiro atoms. The lowest BCUT2D eigenvalue weighted by atomic mass is 10.2. The number of hydrogen-bond donors (Lipinski definition) is 2. The molecule has 0 unspecified atom stereocenters. The highest BCUT2D eigenvalue weighted by atomic mass is 19.1. The maximum Gasteiger partial charge on any atom is 0.274 e. The molecule has 2 aromatic rings. The number of nitrogens with one attached hydrogen (secondary N) is 2. The van der Waals surface area contributed by atoms with E-state index in [4.69, 9.17) is 0 Å². The molecular weight excluding hydrogens is 299 g/mol. The van der Waals surface area contributed by atoms with Gasteiger partial charge < -0.3 is 10.6 Å². The Morgan fingerprint density at radius 1 is 1.09 bits per heavy atom. The predicted molar refractivity (Wildman–Crippen MR) is 86.5 cm³/mol. The van der Waals surface area contributed by atoms with Crippen molar-refractivity contribution in [3.05, 3.63) is 75.6 Å². The molecule has 0 amide bonds. The van der Waals surface area contributed by atoms with Crippen molar-refractivity contribution in [1.29, 1.82) is 0 Å². The van der Waals surface area contributed by atoms with Crippen LogP contribution in [0.15, 0.2) is 53.5 Å².